The van der Waals surface area contributed by atoms with Crippen molar-refractivity contribution in [2.24, 2.45) is 5.92 Å². The zero-order valence-electron chi connectivity index (χ0n) is 11.2. The zero-order chi connectivity index (χ0) is 13.5. The van der Waals surface area contributed by atoms with E-state index in [1.807, 2.05) is 44.2 Å². The fraction of sp³-hybridized carbons (Fsp3) is 0.500. The van der Waals surface area contributed by atoms with Crippen molar-refractivity contribution in [1.29, 1.82) is 0 Å². The van der Waals surface area contributed by atoms with Gasteiger partial charge in [0.1, 0.15) is 6.61 Å². The lowest BCUT2D eigenvalue weighted by Gasteiger charge is -2.28. The minimum Gasteiger partial charge on any atom is -0.445 e. The van der Waals surface area contributed by atoms with E-state index in [-0.39, 0.29) is 25.2 Å². The number of rotatable bonds is 5. The van der Waals surface area contributed by atoms with Crippen LogP contribution in [0.4, 0.5) is 4.79 Å². The number of aliphatic hydroxyl groups is 1. The zero-order valence-corrected chi connectivity index (χ0v) is 11.2. The van der Waals surface area contributed by atoms with Crippen LogP contribution in [0.15, 0.2) is 30.3 Å². The average molecular weight is 251 g/mol. The van der Waals surface area contributed by atoms with Crippen molar-refractivity contribution in [3.05, 3.63) is 35.9 Å². The van der Waals surface area contributed by atoms with Gasteiger partial charge < -0.3 is 14.7 Å². The van der Waals surface area contributed by atoms with Crippen molar-refractivity contribution in [1.82, 2.24) is 4.90 Å². The monoisotopic (exact) mass is 251 g/mol. The Morgan fingerprint density at radius 1 is 1.33 bits per heavy atom. The predicted molar refractivity (Wildman–Crippen MR) is 70.1 cm³/mol. The fourth-order valence-corrected chi connectivity index (χ4v) is 1.74. The van der Waals surface area contributed by atoms with E-state index in [2.05, 4.69) is 0 Å². The number of likely N-dealkylation sites (N-methyl/N-ethyl adjacent to an activating group) is 1. The second kappa shape index (κ2) is 7.01. The van der Waals surface area contributed by atoms with Crippen molar-refractivity contribution in [2.45, 2.75) is 26.5 Å². The third-order valence-electron chi connectivity index (χ3n) is 2.95. The summed E-state index contributed by atoms with van der Waals surface area (Å²) < 4.78 is 5.20. The van der Waals surface area contributed by atoms with E-state index < -0.39 is 6.09 Å². The summed E-state index contributed by atoms with van der Waals surface area (Å²) >= 11 is 0. The average Bonchev–Trinajstić information content (AvgIpc) is 2.37. The van der Waals surface area contributed by atoms with Crippen molar-refractivity contribution in [3.63, 3.8) is 0 Å². The van der Waals surface area contributed by atoms with Crippen molar-refractivity contribution >= 4 is 6.09 Å². The van der Waals surface area contributed by atoms with Crippen molar-refractivity contribution in [2.75, 3.05) is 13.7 Å². The van der Waals surface area contributed by atoms with Gasteiger partial charge in [0.2, 0.25) is 0 Å². The molecular formula is C14H21NO3. The Balaban J connectivity index is 2.50. The highest BCUT2D eigenvalue weighted by atomic mass is 16.6. The smallest absolute Gasteiger partial charge is 0.410 e. The molecule has 4 nitrogen and oxygen atoms in total. The number of nitrogens with zero attached hydrogens (tertiary/aromatic N) is 1. The minimum absolute atomic E-state index is 0.0609. The van der Waals surface area contributed by atoms with Gasteiger partial charge in [0.25, 0.3) is 0 Å². The molecule has 1 amide bonds. The summed E-state index contributed by atoms with van der Waals surface area (Å²) in [7, 11) is 1.65. The van der Waals surface area contributed by atoms with Crippen LogP contribution in [0.2, 0.25) is 0 Å². The molecule has 0 spiro atoms. The molecule has 1 N–H and O–H groups in total. The molecule has 0 aliphatic rings. The second-order valence-electron chi connectivity index (χ2n) is 4.65. The summed E-state index contributed by atoms with van der Waals surface area (Å²) in [5, 5.41) is 9.25. The first kappa shape index (κ1) is 14.5. The van der Waals surface area contributed by atoms with Crippen LogP contribution in [0.3, 0.4) is 0 Å². The molecule has 0 aliphatic carbocycles. The normalized spacial score (nSPS) is 12.3. The summed E-state index contributed by atoms with van der Waals surface area (Å²) in [4.78, 5) is 13.3. The van der Waals surface area contributed by atoms with Crippen LogP contribution >= 0.6 is 0 Å². The number of benzene rings is 1. The number of carbonyl (C=O) groups excluding carboxylic acids is 1. The number of hydrogen-bond acceptors (Lipinski definition) is 3. The van der Waals surface area contributed by atoms with Gasteiger partial charge in [-0.15, -0.1) is 0 Å². The Morgan fingerprint density at radius 3 is 2.44 bits per heavy atom. The largest absolute Gasteiger partial charge is 0.445 e. The molecule has 0 bridgehead atoms. The maximum absolute atomic E-state index is 11.8. The molecule has 0 heterocycles. The Bertz CT molecular complexity index is 365. The van der Waals surface area contributed by atoms with Crippen LogP contribution in [-0.4, -0.2) is 35.8 Å². The topological polar surface area (TPSA) is 49.8 Å². The van der Waals surface area contributed by atoms with Gasteiger partial charge in [0, 0.05) is 7.05 Å². The molecule has 0 unspecified atom stereocenters. The Hall–Kier alpha value is -1.55. The number of aliphatic hydroxyl groups excluding tert-OH is 1. The maximum Gasteiger partial charge on any atom is 0.410 e. The molecule has 4 heteroatoms. The molecule has 0 saturated carbocycles. The summed E-state index contributed by atoms with van der Waals surface area (Å²) in [5.74, 6) is 0.185. The minimum atomic E-state index is -0.411. The lowest BCUT2D eigenvalue weighted by molar-refractivity contribution is 0.0634. The molecule has 0 radical (unpaired) electrons. The van der Waals surface area contributed by atoms with Gasteiger partial charge in [-0.3, -0.25) is 0 Å². The van der Waals surface area contributed by atoms with E-state index >= 15 is 0 Å². The van der Waals surface area contributed by atoms with E-state index in [1.165, 1.54) is 4.90 Å². The molecule has 0 fully saturated rings. The molecular weight excluding hydrogens is 230 g/mol. The lowest BCUT2D eigenvalue weighted by atomic mass is 10.0. The summed E-state index contributed by atoms with van der Waals surface area (Å²) in [6, 6.07) is 9.30. The summed E-state index contributed by atoms with van der Waals surface area (Å²) in [6.07, 6.45) is -0.411. The van der Waals surface area contributed by atoms with Gasteiger partial charge in [0.15, 0.2) is 0 Å². The molecule has 0 aromatic heterocycles. The molecule has 100 valence electrons. The van der Waals surface area contributed by atoms with Gasteiger partial charge in [-0.2, -0.15) is 0 Å². The highest BCUT2D eigenvalue weighted by molar-refractivity contribution is 5.67. The SMILES string of the molecule is CC(C)[C@H](CO)N(C)C(=O)OCc1ccccc1. The number of carbonyl (C=O) groups is 1. The van der Waals surface area contributed by atoms with Gasteiger partial charge in [0.05, 0.1) is 12.6 Å². The highest BCUT2D eigenvalue weighted by Crippen LogP contribution is 2.10. The number of amides is 1. The molecule has 1 rings (SSSR count). The summed E-state index contributed by atoms with van der Waals surface area (Å²) in [6.45, 7) is 4.11. The third-order valence-corrected chi connectivity index (χ3v) is 2.95. The quantitative estimate of drug-likeness (QED) is 0.873. The second-order valence-corrected chi connectivity index (χ2v) is 4.65. The molecule has 1 aromatic rings. The van der Waals surface area contributed by atoms with Crippen LogP contribution in [-0.2, 0) is 11.3 Å². The number of hydrogen-bond donors (Lipinski definition) is 1. The van der Waals surface area contributed by atoms with Crippen LogP contribution in [0.5, 0.6) is 0 Å². The molecule has 0 saturated heterocycles. The van der Waals surface area contributed by atoms with Crippen LogP contribution < -0.4 is 0 Å². The molecule has 1 atom stereocenters. The standard InChI is InChI=1S/C14H21NO3/c1-11(2)13(9-16)15(3)14(17)18-10-12-7-5-4-6-8-12/h4-8,11,13,16H,9-10H2,1-3H3/t13-/m0/s1. The van der Waals surface area contributed by atoms with Crippen molar-refractivity contribution < 1.29 is 14.6 Å². The van der Waals surface area contributed by atoms with E-state index in [0.29, 0.717) is 0 Å². The van der Waals surface area contributed by atoms with E-state index in [9.17, 15) is 9.90 Å². The fourth-order valence-electron chi connectivity index (χ4n) is 1.74. The first-order chi connectivity index (χ1) is 8.56. The highest BCUT2D eigenvalue weighted by Gasteiger charge is 2.23. The predicted octanol–water partition coefficient (Wildman–Crippen LogP) is 2.27. The van der Waals surface area contributed by atoms with E-state index in [0.717, 1.165) is 5.56 Å². The van der Waals surface area contributed by atoms with E-state index in [4.69, 9.17) is 4.74 Å². The Kier molecular flexibility index (Phi) is 5.65. The van der Waals surface area contributed by atoms with Crippen LogP contribution in [0, 0.1) is 5.92 Å². The van der Waals surface area contributed by atoms with Gasteiger partial charge in [-0.25, -0.2) is 4.79 Å². The number of ether oxygens (including phenoxy) is 1. The van der Waals surface area contributed by atoms with Crippen molar-refractivity contribution in [3.8, 4) is 0 Å². The molecule has 0 aliphatic heterocycles. The first-order valence-electron chi connectivity index (χ1n) is 6.10. The van der Waals surface area contributed by atoms with Crippen LogP contribution in [0.1, 0.15) is 19.4 Å². The molecule has 1 aromatic carbocycles. The third kappa shape index (κ3) is 4.04. The Labute approximate surface area is 108 Å². The van der Waals surface area contributed by atoms with Crippen LogP contribution in [0.25, 0.3) is 0 Å². The van der Waals surface area contributed by atoms with Gasteiger partial charge >= 0.3 is 6.09 Å². The van der Waals surface area contributed by atoms with E-state index in [1.54, 1.807) is 7.05 Å². The van der Waals surface area contributed by atoms with Gasteiger partial charge in [-0.1, -0.05) is 44.2 Å². The Morgan fingerprint density at radius 2 is 1.94 bits per heavy atom. The van der Waals surface area contributed by atoms with Gasteiger partial charge in [-0.05, 0) is 11.5 Å². The first-order valence-corrected chi connectivity index (χ1v) is 6.10. The summed E-state index contributed by atoms with van der Waals surface area (Å²) in [5.41, 5.74) is 0.948. The molecule has 18 heavy (non-hydrogen) atoms. The maximum atomic E-state index is 11.8. The lowest BCUT2D eigenvalue weighted by Crippen LogP contribution is -2.43.